The third-order valence-electron chi connectivity index (χ3n) is 5.17. The lowest BCUT2D eigenvalue weighted by atomic mass is 9.87. The molecule has 0 bridgehead atoms. The van der Waals surface area contributed by atoms with Crippen LogP contribution in [0.3, 0.4) is 0 Å². The molecule has 188 valence electrons. The summed E-state index contributed by atoms with van der Waals surface area (Å²) in [5, 5.41) is 12.2. The van der Waals surface area contributed by atoms with Crippen LogP contribution in [0.15, 0.2) is 71.9 Å². The lowest BCUT2D eigenvalue weighted by Gasteiger charge is -2.35. The van der Waals surface area contributed by atoms with Crippen molar-refractivity contribution in [3.63, 3.8) is 0 Å². The van der Waals surface area contributed by atoms with E-state index in [1.54, 1.807) is 42.5 Å². The fourth-order valence-corrected chi connectivity index (χ4v) is 4.08. The summed E-state index contributed by atoms with van der Waals surface area (Å²) in [6.07, 6.45) is -4.28. The zero-order valence-electron chi connectivity index (χ0n) is 19.0. The maximum Gasteiger partial charge on any atom is 0.524 e. The molecule has 1 unspecified atom stereocenters. The predicted molar refractivity (Wildman–Crippen MR) is 125 cm³/mol. The molecular formula is C25H21ClF3N3O4. The minimum atomic E-state index is -5.10. The first-order valence-corrected chi connectivity index (χ1v) is 11.0. The molecular weight excluding hydrogens is 499 g/mol. The van der Waals surface area contributed by atoms with E-state index in [2.05, 4.69) is 20.1 Å². The number of esters is 1. The van der Waals surface area contributed by atoms with Gasteiger partial charge in [-0.2, -0.15) is 5.26 Å². The Morgan fingerprint density at radius 1 is 1.11 bits per heavy atom. The molecule has 1 atom stereocenters. The second-order valence-electron chi connectivity index (χ2n) is 7.77. The molecule has 0 heterocycles. The number of amides is 2. The van der Waals surface area contributed by atoms with E-state index in [-0.39, 0.29) is 41.3 Å². The number of hydrogen-bond acceptors (Lipinski definition) is 5. The topological polar surface area (TPSA) is 100 Å². The third kappa shape index (κ3) is 7.10. The second kappa shape index (κ2) is 11.3. The SMILES string of the molecule is COC(=O)Cc1ccc(CNC(=O)NC2=CC(C#N)=C(c3ccccc3)C(Cl)(OC(F)(F)F)C2)cc1. The van der Waals surface area contributed by atoms with Crippen molar-refractivity contribution in [1.82, 2.24) is 10.6 Å². The van der Waals surface area contributed by atoms with Gasteiger partial charge in [-0.05, 0) is 22.8 Å². The van der Waals surface area contributed by atoms with Crippen LogP contribution in [0.5, 0.6) is 0 Å². The van der Waals surface area contributed by atoms with E-state index in [4.69, 9.17) is 11.6 Å². The van der Waals surface area contributed by atoms with Gasteiger partial charge in [0.25, 0.3) is 0 Å². The minimum Gasteiger partial charge on any atom is -0.469 e. The minimum absolute atomic E-state index is 0.0311. The molecule has 36 heavy (non-hydrogen) atoms. The van der Waals surface area contributed by atoms with Crippen LogP contribution in [-0.2, 0) is 27.2 Å². The number of hydrogen-bond donors (Lipinski definition) is 2. The first kappa shape index (κ1) is 26.8. The summed E-state index contributed by atoms with van der Waals surface area (Å²) < 4.78 is 48.7. The molecule has 0 spiro atoms. The zero-order chi connectivity index (χ0) is 26.3. The summed E-state index contributed by atoms with van der Waals surface area (Å²) >= 11 is 6.35. The number of carbonyl (C=O) groups excluding carboxylic acids is 2. The zero-order valence-corrected chi connectivity index (χ0v) is 19.7. The van der Waals surface area contributed by atoms with Gasteiger partial charge in [-0.15, -0.1) is 13.2 Å². The van der Waals surface area contributed by atoms with Crippen molar-refractivity contribution in [3.8, 4) is 6.07 Å². The summed E-state index contributed by atoms with van der Waals surface area (Å²) in [4.78, 5) is 23.8. The van der Waals surface area contributed by atoms with Gasteiger partial charge in [-0.3, -0.25) is 9.53 Å². The van der Waals surface area contributed by atoms with E-state index >= 15 is 0 Å². The van der Waals surface area contributed by atoms with Crippen molar-refractivity contribution in [2.75, 3.05) is 7.11 Å². The Labute approximate surface area is 210 Å². The Morgan fingerprint density at radius 2 is 1.75 bits per heavy atom. The number of rotatable bonds is 7. The second-order valence-corrected chi connectivity index (χ2v) is 8.38. The van der Waals surface area contributed by atoms with E-state index in [1.165, 1.54) is 25.3 Å². The average Bonchev–Trinajstić information content (AvgIpc) is 2.82. The van der Waals surface area contributed by atoms with Crippen molar-refractivity contribution >= 4 is 29.2 Å². The molecule has 7 nitrogen and oxygen atoms in total. The molecule has 3 rings (SSSR count). The van der Waals surface area contributed by atoms with Gasteiger partial charge < -0.3 is 15.4 Å². The van der Waals surface area contributed by atoms with Gasteiger partial charge in [0.2, 0.25) is 0 Å². The fourth-order valence-electron chi connectivity index (χ4n) is 3.63. The van der Waals surface area contributed by atoms with E-state index in [1.807, 2.05) is 6.07 Å². The lowest BCUT2D eigenvalue weighted by Crippen LogP contribution is -2.41. The van der Waals surface area contributed by atoms with Crippen LogP contribution in [0.25, 0.3) is 5.57 Å². The van der Waals surface area contributed by atoms with Crippen molar-refractivity contribution in [1.29, 1.82) is 5.26 Å². The summed E-state index contributed by atoms with van der Waals surface area (Å²) in [7, 11) is 1.29. The average molecular weight is 520 g/mol. The van der Waals surface area contributed by atoms with Crippen LogP contribution in [0.1, 0.15) is 23.1 Å². The summed E-state index contributed by atoms with van der Waals surface area (Å²) in [6.45, 7) is 0.0961. The van der Waals surface area contributed by atoms with Crippen LogP contribution in [-0.4, -0.2) is 30.5 Å². The molecule has 0 fully saturated rings. The number of nitrogens with one attached hydrogen (secondary N) is 2. The van der Waals surface area contributed by atoms with Gasteiger partial charge in [0, 0.05) is 24.2 Å². The highest BCUT2D eigenvalue weighted by molar-refractivity contribution is 6.30. The number of ether oxygens (including phenoxy) is 2. The predicted octanol–water partition coefficient (Wildman–Crippen LogP) is 4.94. The Morgan fingerprint density at radius 3 is 2.33 bits per heavy atom. The largest absolute Gasteiger partial charge is 0.524 e. The van der Waals surface area contributed by atoms with Crippen molar-refractivity contribution < 1.29 is 32.2 Å². The Kier molecular flexibility index (Phi) is 8.40. The highest BCUT2D eigenvalue weighted by Gasteiger charge is 2.48. The quantitative estimate of drug-likeness (QED) is 0.399. The lowest BCUT2D eigenvalue weighted by molar-refractivity contribution is -0.342. The highest BCUT2D eigenvalue weighted by atomic mass is 35.5. The number of alkyl halides is 4. The summed E-state index contributed by atoms with van der Waals surface area (Å²) in [5.74, 6) is -0.382. The molecule has 2 amide bonds. The first-order valence-electron chi connectivity index (χ1n) is 10.6. The number of nitrogens with zero attached hydrogens (tertiary/aromatic N) is 1. The van der Waals surface area contributed by atoms with E-state index in [0.717, 1.165) is 5.56 Å². The molecule has 0 saturated heterocycles. The van der Waals surface area contributed by atoms with Crippen molar-refractivity contribution in [2.24, 2.45) is 0 Å². The molecule has 0 aliphatic heterocycles. The fraction of sp³-hybridized carbons (Fsp3) is 0.240. The maximum absolute atomic E-state index is 13.3. The summed E-state index contributed by atoms with van der Waals surface area (Å²) in [5.41, 5.74) is 1.37. The number of allylic oxidation sites excluding steroid dienone is 2. The Balaban J connectivity index is 1.76. The molecule has 2 aromatic carbocycles. The van der Waals surface area contributed by atoms with Gasteiger partial charge in [0.1, 0.15) is 0 Å². The molecule has 11 heteroatoms. The smallest absolute Gasteiger partial charge is 0.469 e. The summed E-state index contributed by atoms with van der Waals surface area (Å²) in [6, 6.07) is 15.8. The molecule has 1 aliphatic carbocycles. The van der Waals surface area contributed by atoms with Crippen LogP contribution < -0.4 is 10.6 Å². The highest BCUT2D eigenvalue weighted by Crippen LogP contribution is 2.47. The monoisotopic (exact) mass is 519 g/mol. The van der Waals surface area contributed by atoms with E-state index in [9.17, 15) is 28.0 Å². The van der Waals surface area contributed by atoms with Crippen LogP contribution >= 0.6 is 11.6 Å². The molecule has 2 aromatic rings. The Bertz CT molecular complexity index is 1220. The number of methoxy groups -OCH3 is 1. The number of carbonyl (C=O) groups is 2. The molecule has 0 radical (unpaired) electrons. The Hall–Kier alpha value is -3.81. The molecule has 1 aliphatic rings. The number of halogens is 4. The van der Waals surface area contributed by atoms with Crippen LogP contribution in [0.2, 0.25) is 0 Å². The van der Waals surface area contributed by atoms with Gasteiger partial charge >= 0.3 is 18.4 Å². The van der Waals surface area contributed by atoms with Crippen LogP contribution in [0.4, 0.5) is 18.0 Å². The normalized spacial score (nSPS) is 17.6. The van der Waals surface area contributed by atoms with Gasteiger partial charge in [0.15, 0.2) is 5.06 Å². The number of nitriles is 1. The van der Waals surface area contributed by atoms with Gasteiger partial charge in [-0.1, -0.05) is 66.2 Å². The molecule has 0 saturated carbocycles. The van der Waals surface area contributed by atoms with E-state index in [0.29, 0.717) is 5.56 Å². The number of benzene rings is 2. The van der Waals surface area contributed by atoms with Crippen molar-refractivity contribution in [3.05, 3.63) is 88.6 Å². The van der Waals surface area contributed by atoms with Crippen molar-refractivity contribution in [2.45, 2.75) is 30.8 Å². The third-order valence-corrected chi connectivity index (χ3v) is 5.57. The van der Waals surface area contributed by atoms with Gasteiger partial charge in [0.05, 0.1) is 25.2 Å². The first-order chi connectivity index (χ1) is 17.0. The maximum atomic E-state index is 13.3. The molecule has 0 aromatic heterocycles. The van der Waals surface area contributed by atoms with Crippen LogP contribution in [0, 0.1) is 11.3 Å². The van der Waals surface area contributed by atoms with Gasteiger partial charge in [-0.25, -0.2) is 4.79 Å². The molecule has 2 N–H and O–H groups in total. The number of urea groups is 1. The van der Waals surface area contributed by atoms with E-state index < -0.39 is 23.9 Å². The standard InChI is InChI=1S/C25H21ClF3N3O4/c1-35-21(33)11-16-7-9-17(10-8-16)15-31-23(34)32-20-12-19(14-30)22(18-5-3-2-4-6-18)24(26,13-20)36-25(27,28)29/h2-10,12H,11,13,15H2,1H3,(H2,31,32,34).